The van der Waals surface area contributed by atoms with E-state index in [0.29, 0.717) is 0 Å². The lowest BCUT2D eigenvalue weighted by molar-refractivity contribution is -0.451. The van der Waals surface area contributed by atoms with E-state index in [4.69, 9.17) is 37.6 Å². The van der Waals surface area contributed by atoms with Gasteiger partial charge in [-0.2, -0.15) is 0 Å². The summed E-state index contributed by atoms with van der Waals surface area (Å²) in [7, 11) is -2.55. The van der Waals surface area contributed by atoms with Crippen molar-refractivity contribution in [1.29, 1.82) is 0 Å². The number of hydrogen-bond acceptors (Lipinski definition) is 11. The molecule has 0 radical (unpaired) electrons. The molecule has 0 bridgehead atoms. The number of fused-ring (bicyclic) bond motifs is 1. The summed E-state index contributed by atoms with van der Waals surface area (Å²) in [6.45, 7) is 13.6. The summed E-state index contributed by atoms with van der Waals surface area (Å²) >= 11 is 0. The van der Waals surface area contributed by atoms with Crippen LogP contribution in [0.25, 0.3) is 0 Å². The molecule has 5 rings (SSSR count). The minimum atomic E-state index is -2.70. The lowest BCUT2D eigenvalue weighted by atomic mass is 9.94. The molecular formula is C33H48O11Si. The Balaban J connectivity index is 1.45. The van der Waals surface area contributed by atoms with Gasteiger partial charge in [0.15, 0.2) is 26.7 Å². The largest absolute Gasteiger partial charge is 0.394 e. The summed E-state index contributed by atoms with van der Waals surface area (Å²) in [6.07, 6.45) is -8.32. The maximum absolute atomic E-state index is 11.8. The Labute approximate surface area is 266 Å². The zero-order valence-corrected chi connectivity index (χ0v) is 28.1. The van der Waals surface area contributed by atoms with Gasteiger partial charge in [-0.15, -0.1) is 0 Å². The first-order valence-corrected chi connectivity index (χ1v) is 18.4. The normalized spacial score (nSPS) is 32.2. The van der Waals surface area contributed by atoms with Crippen LogP contribution in [0.5, 0.6) is 0 Å². The van der Waals surface area contributed by atoms with Crippen molar-refractivity contribution in [3.05, 3.63) is 71.8 Å². The molecule has 45 heavy (non-hydrogen) atoms. The average Bonchev–Trinajstić information content (AvgIpc) is 3.31. The zero-order valence-electron chi connectivity index (χ0n) is 27.1. The molecule has 2 aromatic rings. The summed E-state index contributed by atoms with van der Waals surface area (Å²) < 4.78 is 49.9. The van der Waals surface area contributed by atoms with E-state index in [1.165, 1.54) is 0 Å². The van der Waals surface area contributed by atoms with Crippen molar-refractivity contribution in [2.75, 3.05) is 13.2 Å². The molecule has 12 heteroatoms. The maximum atomic E-state index is 11.8. The van der Waals surface area contributed by atoms with Crippen LogP contribution in [0.1, 0.15) is 52.0 Å². The minimum Gasteiger partial charge on any atom is -0.394 e. The van der Waals surface area contributed by atoms with Gasteiger partial charge < -0.3 is 52.9 Å². The third-order valence-electron chi connectivity index (χ3n) is 8.91. The molecule has 11 nitrogen and oxygen atoms in total. The van der Waals surface area contributed by atoms with Crippen molar-refractivity contribution in [1.82, 2.24) is 0 Å². The van der Waals surface area contributed by atoms with Crippen molar-refractivity contribution >= 4 is 8.32 Å². The third kappa shape index (κ3) is 7.69. The van der Waals surface area contributed by atoms with Crippen molar-refractivity contribution < 1.29 is 52.9 Å². The van der Waals surface area contributed by atoms with Crippen LogP contribution in [-0.2, 0) is 44.2 Å². The Morgan fingerprint density at radius 2 is 1.60 bits per heavy atom. The van der Waals surface area contributed by atoms with Gasteiger partial charge in [-0.1, -0.05) is 81.4 Å². The summed E-state index contributed by atoms with van der Waals surface area (Å²) in [5.74, 6) is -3.74. The molecule has 3 N–H and O–H groups in total. The molecular weight excluding hydrogens is 600 g/mol. The van der Waals surface area contributed by atoms with Gasteiger partial charge in [-0.3, -0.25) is 0 Å². The average molecular weight is 649 g/mol. The summed E-state index contributed by atoms with van der Waals surface area (Å²) in [6, 6.07) is 18.8. The first kappa shape index (κ1) is 34.5. The van der Waals surface area contributed by atoms with Gasteiger partial charge >= 0.3 is 0 Å². The highest BCUT2D eigenvalue weighted by atomic mass is 28.4. The molecule has 0 aliphatic carbocycles. The van der Waals surface area contributed by atoms with Gasteiger partial charge in [0, 0.05) is 5.56 Å². The Hall–Kier alpha value is -1.78. The van der Waals surface area contributed by atoms with Crippen LogP contribution < -0.4 is 0 Å². The van der Waals surface area contributed by atoms with Gasteiger partial charge in [0.1, 0.15) is 30.5 Å². The highest BCUT2D eigenvalue weighted by Gasteiger charge is 2.61. The van der Waals surface area contributed by atoms with Crippen LogP contribution in [0.4, 0.5) is 0 Å². The summed E-state index contributed by atoms with van der Waals surface area (Å²) in [5, 5.41) is 33.6. The van der Waals surface area contributed by atoms with E-state index in [1.54, 1.807) is 13.8 Å². The van der Waals surface area contributed by atoms with E-state index >= 15 is 0 Å². The summed E-state index contributed by atoms with van der Waals surface area (Å²) in [4.78, 5) is 0. The molecule has 0 amide bonds. The number of aliphatic hydroxyl groups is 3. The predicted molar refractivity (Wildman–Crippen MR) is 165 cm³/mol. The quantitative estimate of drug-likeness (QED) is 0.255. The fourth-order valence-corrected chi connectivity index (χ4v) is 6.58. The molecule has 3 fully saturated rings. The molecule has 3 aliphatic heterocycles. The second kappa shape index (κ2) is 13.4. The number of rotatable bonds is 10. The second-order valence-corrected chi connectivity index (χ2v) is 18.6. The second-order valence-electron chi connectivity index (χ2n) is 13.9. The molecule has 0 spiro atoms. The van der Waals surface area contributed by atoms with Crippen molar-refractivity contribution in [3.8, 4) is 0 Å². The molecule has 3 saturated heterocycles. The molecule has 2 unspecified atom stereocenters. The van der Waals surface area contributed by atoms with E-state index in [1.807, 2.05) is 73.8 Å². The Morgan fingerprint density at radius 3 is 2.22 bits per heavy atom. The Bertz CT molecular complexity index is 1240. The highest BCUT2D eigenvalue weighted by Crippen LogP contribution is 2.43. The lowest BCUT2D eigenvalue weighted by Crippen LogP contribution is -2.70. The van der Waals surface area contributed by atoms with Gasteiger partial charge in [0.05, 0.1) is 19.8 Å². The van der Waals surface area contributed by atoms with E-state index in [0.717, 1.165) is 11.1 Å². The number of benzene rings is 2. The first-order valence-electron chi connectivity index (χ1n) is 15.5. The van der Waals surface area contributed by atoms with Crippen LogP contribution in [-0.4, -0.2) is 91.5 Å². The van der Waals surface area contributed by atoms with Crippen molar-refractivity contribution in [3.63, 3.8) is 0 Å². The van der Waals surface area contributed by atoms with Crippen LogP contribution in [0, 0.1) is 0 Å². The van der Waals surface area contributed by atoms with E-state index in [2.05, 4.69) is 20.8 Å². The van der Waals surface area contributed by atoms with Crippen LogP contribution in [0.3, 0.4) is 0 Å². The van der Waals surface area contributed by atoms with Gasteiger partial charge in [0.2, 0.25) is 12.1 Å². The number of ether oxygens (including phenoxy) is 7. The molecule has 2 aromatic carbocycles. The maximum Gasteiger partial charge on any atom is 0.245 e. The first-order chi connectivity index (χ1) is 21.1. The van der Waals surface area contributed by atoms with Crippen molar-refractivity contribution in [2.45, 2.75) is 120 Å². The van der Waals surface area contributed by atoms with E-state index in [-0.39, 0.29) is 24.9 Å². The SMILES string of the molecule is CC1(C)O[C@@H](CO)[C@@H](C(O[C@@H]2O[C@@H]3COC(c4ccccc4)O[C@H]3[C@H](OCc3ccccc3)C2(O)O)O[Si](C)(C)C(C)(C)C)O1. The highest BCUT2D eigenvalue weighted by molar-refractivity contribution is 6.74. The van der Waals surface area contributed by atoms with E-state index < -0.39 is 69.3 Å². The molecule has 3 heterocycles. The van der Waals surface area contributed by atoms with Gasteiger partial charge in [0.25, 0.3) is 0 Å². The molecule has 0 aromatic heterocycles. The smallest absolute Gasteiger partial charge is 0.245 e. The Morgan fingerprint density at radius 1 is 0.956 bits per heavy atom. The molecule has 250 valence electrons. The van der Waals surface area contributed by atoms with Gasteiger partial charge in [-0.25, -0.2) is 0 Å². The van der Waals surface area contributed by atoms with Crippen molar-refractivity contribution in [2.24, 2.45) is 0 Å². The monoisotopic (exact) mass is 648 g/mol. The third-order valence-corrected chi connectivity index (χ3v) is 13.3. The molecule has 3 aliphatic rings. The summed E-state index contributed by atoms with van der Waals surface area (Å²) in [5.41, 5.74) is 1.61. The topological polar surface area (TPSA) is 135 Å². The minimum absolute atomic E-state index is 0.0778. The molecule has 8 atom stereocenters. The zero-order chi connectivity index (χ0) is 32.6. The fraction of sp³-hybridized carbons (Fsp3) is 0.636. The van der Waals surface area contributed by atoms with Crippen LogP contribution in [0.15, 0.2) is 60.7 Å². The van der Waals surface area contributed by atoms with E-state index in [9.17, 15) is 15.3 Å². The number of hydrogen-bond donors (Lipinski definition) is 3. The predicted octanol–water partition coefficient (Wildman–Crippen LogP) is 3.97. The fourth-order valence-electron chi connectivity index (χ4n) is 5.46. The van der Waals surface area contributed by atoms with Gasteiger partial charge in [-0.05, 0) is 37.5 Å². The van der Waals surface area contributed by atoms with Crippen LogP contribution >= 0.6 is 0 Å². The standard InChI is InChI=1S/C33H48O11Si/c1-31(2,3)45(6,7)44-29(26-23(18-34)42-32(4,5)43-26)41-30-33(35,36)27(37-19-21-14-10-8-11-15-21)25-24(39-30)20-38-28(40-25)22-16-12-9-13-17-22/h8-17,23-30,34-36H,18-20H2,1-7H3/t23-,24+,25+,26-,27-,28?,29?,30-/m0/s1. The van der Waals surface area contributed by atoms with Crippen LogP contribution in [0.2, 0.25) is 18.1 Å². The number of aliphatic hydroxyl groups excluding tert-OH is 1. The Kier molecular flexibility index (Phi) is 10.3. The lowest BCUT2D eigenvalue weighted by Gasteiger charge is -2.52. The molecule has 0 saturated carbocycles.